The molecule has 0 aliphatic rings. The molecule has 14 heteroatoms. The molecule has 162 valence electrons. The second-order valence-electron chi connectivity index (χ2n) is 5.96. The average molecular weight is 460 g/mol. The summed E-state index contributed by atoms with van der Waals surface area (Å²) in [6.07, 6.45) is -2.82. The fourth-order valence-electron chi connectivity index (χ4n) is 2.30. The number of benzene rings is 2. The fraction of sp³-hybridized carbons (Fsp3) is 0.250. The predicted octanol–water partition coefficient (Wildman–Crippen LogP) is 2.39. The zero-order valence-corrected chi connectivity index (χ0v) is 17.2. The molecule has 0 fully saturated rings. The van der Waals surface area contributed by atoms with E-state index in [-0.39, 0.29) is 0 Å². The van der Waals surface area contributed by atoms with Gasteiger partial charge in [0.25, 0.3) is 11.4 Å². The first kappa shape index (κ1) is 23.3. The van der Waals surface area contributed by atoms with Gasteiger partial charge in [0.05, 0.1) is 9.85 Å². The molecular formula is C16H16N2O10S2. The topological polar surface area (TPSA) is 173 Å². The molecule has 0 saturated carbocycles. The highest BCUT2D eigenvalue weighted by atomic mass is 32.2. The summed E-state index contributed by atoms with van der Waals surface area (Å²) >= 11 is 0. The maximum Gasteiger partial charge on any atom is 0.304 e. The minimum Gasteiger partial charge on any atom is -0.260 e. The molecule has 0 saturated heterocycles. The Hall–Kier alpha value is -2.94. The van der Waals surface area contributed by atoms with Crippen molar-refractivity contribution >= 4 is 31.6 Å². The monoisotopic (exact) mass is 460 g/mol. The number of para-hydroxylation sites is 2. The molecule has 0 bridgehead atoms. The molecule has 30 heavy (non-hydrogen) atoms. The second kappa shape index (κ2) is 8.83. The van der Waals surface area contributed by atoms with E-state index in [1.165, 1.54) is 38.1 Å². The molecule has 0 radical (unpaired) electrons. The molecule has 0 aliphatic carbocycles. The third-order valence-corrected chi connectivity index (χ3v) is 6.76. The van der Waals surface area contributed by atoms with Crippen molar-refractivity contribution in [2.24, 2.45) is 0 Å². The van der Waals surface area contributed by atoms with Crippen LogP contribution in [0.5, 0.6) is 0 Å². The van der Waals surface area contributed by atoms with Crippen molar-refractivity contribution in [3.63, 3.8) is 0 Å². The lowest BCUT2D eigenvalue weighted by molar-refractivity contribution is -0.388. The van der Waals surface area contributed by atoms with Crippen LogP contribution in [0.25, 0.3) is 0 Å². The molecule has 12 nitrogen and oxygen atoms in total. The molecule has 2 atom stereocenters. The molecule has 0 N–H and O–H groups in total. The van der Waals surface area contributed by atoms with E-state index < -0.39 is 63.5 Å². The fourth-order valence-corrected chi connectivity index (χ4v) is 4.91. The molecule has 2 aromatic rings. The Labute approximate surface area is 171 Å². The smallest absolute Gasteiger partial charge is 0.260 e. The van der Waals surface area contributed by atoms with E-state index in [1.54, 1.807) is 0 Å². The minimum atomic E-state index is -4.65. The highest BCUT2D eigenvalue weighted by molar-refractivity contribution is 7.87. The third kappa shape index (κ3) is 5.15. The normalized spacial score (nSPS) is 14.1. The molecule has 0 amide bonds. The van der Waals surface area contributed by atoms with Gasteiger partial charge in [-0.2, -0.15) is 16.8 Å². The Balaban J connectivity index is 2.26. The van der Waals surface area contributed by atoms with Gasteiger partial charge in [0, 0.05) is 12.1 Å². The maximum absolute atomic E-state index is 12.4. The van der Waals surface area contributed by atoms with Gasteiger partial charge in [-0.15, -0.1) is 0 Å². The zero-order chi connectivity index (χ0) is 22.7. The van der Waals surface area contributed by atoms with E-state index >= 15 is 0 Å². The van der Waals surface area contributed by atoms with Crippen molar-refractivity contribution < 1.29 is 35.0 Å². The van der Waals surface area contributed by atoms with E-state index in [9.17, 15) is 37.1 Å². The summed E-state index contributed by atoms with van der Waals surface area (Å²) in [5, 5.41) is 22.1. The largest absolute Gasteiger partial charge is 0.304 e. The van der Waals surface area contributed by atoms with E-state index in [0.29, 0.717) is 0 Å². The zero-order valence-electron chi connectivity index (χ0n) is 15.6. The molecule has 0 spiro atoms. The first-order chi connectivity index (χ1) is 13.9. The number of rotatable bonds is 9. The lowest BCUT2D eigenvalue weighted by Crippen LogP contribution is -2.31. The minimum absolute atomic E-state index is 0.712. The van der Waals surface area contributed by atoms with Crippen LogP contribution < -0.4 is 0 Å². The second-order valence-corrected chi connectivity index (χ2v) is 9.04. The van der Waals surface area contributed by atoms with Gasteiger partial charge in [0.15, 0.2) is 9.79 Å². The van der Waals surface area contributed by atoms with Crippen LogP contribution in [-0.2, 0) is 28.6 Å². The Morgan fingerprint density at radius 3 is 1.30 bits per heavy atom. The van der Waals surface area contributed by atoms with Crippen LogP contribution in [0.3, 0.4) is 0 Å². The number of nitro groups is 2. The summed E-state index contributed by atoms with van der Waals surface area (Å²) in [6.45, 7) is 2.35. The first-order valence-electron chi connectivity index (χ1n) is 8.20. The third-order valence-electron chi connectivity index (χ3n) is 3.88. The van der Waals surface area contributed by atoms with Gasteiger partial charge >= 0.3 is 20.2 Å². The van der Waals surface area contributed by atoms with Crippen LogP contribution in [0.1, 0.15) is 13.8 Å². The number of hydrogen-bond acceptors (Lipinski definition) is 10. The molecule has 0 aliphatic heterocycles. The van der Waals surface area contributed by atoms with E-state index in [1.807, 2.05) is 0 Å². The molecule has 2 aromatic carbocycles. The average Bonchev–Trinajstić information content (AvgIpc) is 2.67. The van der Waals surface area contributed by atoms with Crippen molar-refractivity contribution in [3.05, 3.63) is 68.8 Å². The van der Waals surface area contributed by atoms with Crippen molar-refractivity contribution in [1.82, 2.24) is 0 Å². The van der Waals surface area contributed by atoms with Crippen molar-refractivity contribution in [2.75, 3.05) is 0 Å². The molecule has 0 aromatic heterocycles. The van der Waals surface area contributed by atoms with E-state index in [4.69, 9.17) is 8.37 Å². The van der Waals surface area contributed by atoms with Crippen molar-refractivity contribution in [2.45, 2.75) is 35.8 Å². The maximum atomic E-state index is 12.4. The number of nitrogens with zero attached hydrogens (tertiary/aromatic N) is 2. The van der Waals surface area contributed by atoms with Crippen LogP contribution in [0.4, 0.5) is 11.4 Å². The van der Waals surface area contributed by atoms with Gasteiger partial charge in [-0.25, -0.2) is 0 Å². The quantitative estimate of drug-likeness (QED) is 0.307. The summed E-state index contributed by atoms with van der Waals surface area (Å²) in [6, 6.07) is 8.93. The van der Waals surface area contributed by atoms with Crippen LogP contribution in [0.2, 0.25) is 0 Å². The SMILES string of the molecule is CC(OS(=O)(=O)c1ccccc1[N+](=O)[O-])C(C)OS(=O)(=O)c1ccccc1[N+](=O)[O-]. The van der Waals surface area contributed by atoms with E-state index in [0.717, 1.165) is 24.3 Å². The summed E-state index contributed by atoms with van der Waals surface area (Å²) in [4.78, 5) is 18.9. The lowest BCUT2D eigenvalue weighted by Gasteiger charge is -2.20. The number of hydrogen-bond donors (Lipinski definition) is 0. The predicted molar refractivity (Wildman–Crippen MR) is 102 cm³/mol. The van der Waals surface area contributed by atoms with Crippen LogP contribution in [0, 0.1) is 20.2 Å². The van der Waals surface area contributed by atoms with Crippen molar-refractivity contribution in [3.8, 4) is 0 Å². The van der Waals surface area contributed by atoms with Crippen LogP contribution >= 0.6 is 0 Å². The molecular weight excluding hydrogens is 444 g/mol. The van der Waals surface area contributed by atoms with E-state index in [2.05, 4.69) is 0 Å². The molecule has 2 unspecified atom stereocenters. The summed E-state index contributed by atoms with van der Waals surface area (Å²) in [5.41, 5.74) is -1.43. The Morgan fingerprint density at radius 1 is 0.700 bits per heavy atom. The van der Waals surface area contributed by atoms with Crippen LogP contribution in [0.15, 0.2) is 58.3 Å². The first-order valence-corrected chi connectivity index (χ1v) is 11.0. The highest BCUT2D eigenvalue weighted by Crippen LogP contribution is 2.28. The van der Waals surface area contributed by atoms with Gasteiger partial charge in [-0.1, -0.05) is 24.3 Å². The van der Waals surface area contributed by atoms with Gasteiger partial charge in [0.1, 0.15) is 12.2 Å². The summed E-state index contributed by atoms with van der Waals surface area (Å²) < 4.78 is 59.5. The Kier molecular flexibility index (Phi) is 6.87. The summed E-state index contributed by atoms with van der Waals surface area (Å²) in [5.74, 6) is 0. The van der Waals surface area contributed by atoms with Crippen molar-refractivity contribution in [1.29, 1.82) is 0 Å². The Bertz CT molecular complexity index is 1080. The standard InChI is InChI=1S/C16H16N2O10S2/c1-11(27-29(23,24)15-9-5-3-7-13(15)17(19)20)12(2)28-30(25,26)16-10-6-4-8-14(16)18(21)22/h3-12H,1-2H3. The van der Waals surface area contributed by atoms with Gasteiger partial charge in [0.2, 0.25) is 0 Å². The van der Waals surface area contributed by atoms with Gasteiger partial charge < -0.3 is 0 Å². The highest BCUT2D eigenvalue weighted by Gasteiger charge is 2.33. The number of nitro benzene ring substituents is 2. The molecule has 0 heterocycles. The van der Waals surface area contributed by atoms with Crippen LogP contribution in [-0.4, -0.2) is 38.9 Å². The Morgan fingerprint density at radius 2 is 1.00 bits per heavy atom. The van der Waals surface area contributed by atoms with Gasteiger partial charge in [-0.3, -0.25) is 28.6 Å². The molecule has 2 rings (SSSR count). The summed E-state index contributed by atoms with van der Waals surface area (Å²) in [7, 11) is -9.29. The van der Waals surface area contributed by atoms with Gasteiger partial charge in [-0.05, 0) is 26.0 Å². The lowest BCUT2D eigenvalue weighted by atomic mass is 10.3.